The van der Waals surface area contributed by atoms with Crippen LogP contribution in [0, 0.1) is 5.92 Å². The number of nitrogens with two attached hydrogens (primary N) is 1. The van der Waals surface area contributed by atoms with Gasteiger partial charge in [-0.15, -0.1) is 0 Å². The van der Waals surface area contributed by atoms with Crippen LogP contribution in [0.4, 0.5) is 0 Å². The molecule has 0 aromatic carbocycles. The lowest BCUT2D eigenvalue weighted by Crippen LogP contribution is -2.57. The molecule has 0 heterocycles. The summed E-state index contributed by atoms with van der Waals surface area (Å²) >= 11 is 0. The van der Waals surface area contributed by atoms with Gasteiger partial charge in [-0.1, -0.05) is 19.8 Å². The topological polar surface area (TPSA) is 63.4 Å². The van der Waals surface area contributed by atoms with Gasteiger partial charge in [0.15, 0.2) is 0 Å². The van der Waals surface area contributed by atoms with E-state index >= 15 is 0 Å². The summed E-state index contributed by atoms with van der Waals surface area (Å²) in [6.07, 6.45) is 4.01. The summed E-state index contributed by atoms with van der Waals surface area (Å²) in [4.78, 5) is 0. The van der Waals surface area contributed by atoms with Crippen LogP contribution in [0.15, 0.2) is 0 Å². The largest absolute Gasteiger partial charge is 0.329 e. The van der Waals surface area contributed by atoms with Crippen molar-refractivity contribution in [2.75, 3.05) is 13.6 Å². The molecule has 2 atom stereocenters. The minimum atomic E-state index is -3.22. The Kier molecular flexibility index (Phi) is 4.60. The third-order valence-electron chi connectivity index (χ3n) is 4.09. The molecule has 1 aliphatic carbocycles. The van der Waals surface area contributed by atoms with Crippen LogP contribution in [0.2, 0.25) is 0 Å². The summed E-state index contributed by atoms with van der Waals surface area (Å²) in [5.74, 6) is 0.553. The van der Waals surface area contributed by atoms with Crippen LogP contribution < -0.4 is 5.73 Å². The van der Waals surface area contributed by atoms with Gasteiger partial charge in [-0.2, -0.15) is 4.31 Å². The number of rotatable bonds is 4. The predicted octanol–water partition coefficient (Wildman–Crippen LogP) is 1.56. The molecule has 2 N–H and O–H groups in total. The molecule has 4 nitrogen and oxygen atoms in total. The predicted molar refractivity (Wildman–Crippen MR) is 71.2 cm³/mol. The Morgan fingerprint density at radius 3 is 2.47 bits per heavy atom. The Balaban J connectivity index is 3.01. The maximum Gasteiger partial charge on any atom is 0.216 e. The van der Waals surface area contributed by atoms with E-state index in [0.29, 0.717) is 12.5 Å². The highest BCUT2D eigenvalue weighted by Crippen LogP contribution is 2.37. The van der Waals surface area contributed by atoms with Gasteiger partial charge < -0.3 is 5.73 Å². The van der Waals surface area contributed by atoms with Crippen molar-refractivity contribution in [3.63, 3.8) is 0 Å². The fraction of sp³-hybridized carbons (Fsp3) is 1.00. The van der Waals surface area contributed by atoms with Crippen LogP contribution in [0.25, 0.3) is 0 Å². The second-order valence-electron chi connectivity index (χ2n) is 5.69. The third kappa shape index (κ3) is 2.83. The Morgan fingerprint density at radius 1 is 1.47 bits per heavy atom. The molecule has 0 aliphatic heterocycles. The number of nitrogens with zero attached hydrogens (tertiary/aromatic N) is 1. The average molecular weight is 262 g/mol. The molecule has 0 saturated heterocycles. The highest BCUT2D eigenvalue weighted by molar-refractivity contribution is 7.89. The van der Waals surface area contributed by atoms with Crippen LogP contribution in [-0.2, 0) is 10.0 Å². The van der Waals surface area contributed by atoms with Gasteiger partial charge in [0.1, 0.15) is 0 Å². The summed E-state index contributed by atoms with van der Waals surface area (Å²) in [5.41, 5.74) is 5.53. The molecule has 0 bridgehead atoms. The van der Waals surface area contributed by atoms with E-state index in [1.54, 1.807) is 25.2 Å². The number of sulfonamides is 1. The first-order chi connectivity index (χ1) is 7.76. The molecule has 0 amide bonds. The summed E-state index contributed by atoms with van der Waals surface area (Å²) in [5, 5.41) is -0.381. The zero-order valence-corrected chi connectivity index (χ0v) is 12.3. The van der Waals surface area contributed by atoms with Gasteiger partial charge in [0.2, 0.25) is 10.0 Å². The van der Waals surface area contributed by atoms with Crippen molar-refractivity contribution in [3.05, 3.63) is 0 Å². The molecule has 5 heteroatoms. The van der Waals surface area contributed by atoms with Gasteiger partial charge in [0.25, 0.3) is 0 Å². The maximum absolute atomic E-state index is 12.3. The van der Waals surface area contributed by atoms with E-state index in [1.807, 2.05) is 0 Å². The average Bonchev–Trinajstić information content (AvgIpc) is 2.27. The third-order valence-corrected chi connectivity index (χ3v) is 6.44. The number of hydrogen-bond donors (Lipinski definition) is 1. The maximum atomic E-state index is 12.3. The summed E-state index contributed by atoms with van der Waals surface area (Å²) in [6.45, 7) is 6.05. The minimum Gasteiger partial charge on any atom is -0.329 e. The van der Waals surface area contributed by atoms with Crippen molar-refractivity contribution < 1.29 is 8.42 Å². The highest BCUT2D eigenvalue weighted by Gasteiger charge is 2.43. The molecular weight excluding hydrogens is 236 g/mol. The van der Waals surface area contributed by atoms with Gasteiger partial charge in [-0.25, -0.2) is 8.42 Å². The second-order valence-corrected chi connectivity index (χ2v) is 8.21. The van der Waals surface area contributed by atoms with Crippen molar-refractivity contribution in [1.29, 1.82) is 0 Å². The normalized spacial score (nSPS) is 31.1. The lowest BCUT2D eigenvalue weighted by molar-refractivity contribution is 0.127. The quantitative estimate of drug-likeness (QED) is 0.836. The summed E-state index contributed by atoms with van der Waals surface area (Å²) < 4.78 is 26.1. The highest BCUT2D eigenvalue weighted by atomic mass is 32.2. The molecule has 0 radical (unpaired) electrons. The molecule has 0 aromatic rings. The van der Waals surface area contributed by atoms with Crippen molar-refractivity contribution in [3.8, 4) is 0 Å². The molecule has 1 rings (SSSR count). The van der Waals surface area contributed by atoms with E-state index in [2.05, 4.69) is 6.92 Å². The molecular formula is C12H26N2O2S. The molecule has 102 valence electrons. The van der Waals surface area contributed by atoms with Crippen LogP contribution in [0.3, 0.4) is 0 Å². The summed E-state index contributed by atoms with van der Waals surface area (Å²) in [6, 6.07) is 0. The van der Waals surface area contributed by atoms with E-state index in [-0.39, 0.29) is 10.8 Å². The molecule has 1 fully saturated rings. The molecule has 17 heavy (non-hydrogen) atoms. The van der Waals surface area contributed by atoms with E-state index in [4.69, 9.17) is 5.73 Å². The molecule has 0 aromatic heterocycles. The van der Waals surface area contributed by atoms with Crippen molar-refractivity contribution >= 4 is 10.0 Å². The molecule has 1 saturated carbocycles. The van der Waals surface area contributed by atoms with Crippen LogP contribution >= 0.6 is 0 Å². The monoisotopic (exact) mass is 262 g/mol. The SMILES string of the molecule is CC1CCCC(CN)(N(C)S(=O)(=O)C(C)C)C1. The zero-order chi connectivity index (χ0) is 13.3. The van der Waals surface area contributed by atoms with Gasteiger partial charge in [0.05, 0.1) is 5.25 Å². The Morgan fingerprint density at radius 2 is 2.06 bits per heavy atom. The molecule has 0 spiro atoms. The van der Waals surface area contributed by atoms with E-state index in [1.165, 1.54) is 6.42 Å². The molecule has 1 aliphatic rings. The smallest absolute Gasteiger partial charge is 0.216 e. The zero-order valence-electron chi connectivity index (χ0n) is 11.4. The standard InChI is InChI=1S/C12H26N2O2S/c1-10(2)17(15,16)14(4)12(9-13)7-5-6-11(3)8-12/h10-11H,5-9,13H2,1-4H3. The summed E-state index contributed by atoms with van der Waals surface area (Å²) in [7, 11) is -1.52. The number of likely N-dealkylation sites (N-methyl/N-ethyl adjacent to an activating group) is 1. The second kappa shape index (κ2) is 5.24. The fourth-order valence-electron chi connectivity index (χ4n) is 2.82. The van der Waals surface area contributed by atoms with E-state index < -0.39 is 10.0 Å². The van der Waals surface area contributed by atoms with E-state index in [9.17, 15) is 8.42 Å². The van der Waals surface area contributed by atoms with Crippen LogP contribution in [-0.4, -0.2) is 37.1 Å². The first-order valence-corrected chi connectivity index (χ1v) is 7.94. The van der Waals surface area contributed by atoms with Gasteiger partial charge in [0, 0.05) is 19.1 Å². The number of hydrogen-bond acceptors (Lipinski definition) is 3. The van der Waals surface area contributed by atoms with Crippen molar-refractivity contribution in [1.82, 2.24) is 4.31 Å². The van der Waals surface area contributed by atoms with E-state index in [0.717, 1.165) is 19.3 Å². The van der Waals surface area contributed by atoms with Crippen LogP contribution in [0.5, 0.6) is 0 Å². The van der Waals surface area contributed by atoms with Crippen molar-refractivity contribution in [2.24, 2.45) is 11.7 Å². The van der Waals surface area contributed by atoms with Gasteiger partial charge in [-0.05, 0) is 32.6 Å². The lowest BCUT2D eigenvalue weighted by Gasteiger charge is -2.45. The Labute approximate surface area is 106 Å². The fourth-order valence-corrected chi connectivity index (χ4v) is 4.23. The molecule has 2 unspecified atom stereocenters. The van der Waals surface area contributed by atoms with Crippen molar-refractivity contribution in [2.45, 2.75) is 57.2 Å². The Bertz CT molecular complexity index is 354. The van der Waals surface area contributed by atoms with Gasteiger partial charge >= 0.3 is 0 Å². The Hall–Kier alpha value is -0.130. The first-order valence-electron chi connectivity index (χ1n) is 6.44. The minimum absolute atomic E-state index is 0.360. The van der Waals surface area contributed by atoms with Gasteiger partial charge in [-0.3, -0.25) is 0 Å². The first kappa shape index (κ1) is 14.9. The van der Waals surface area contributed by atoms with Crippen LogP contribution in [0.1, 0.15) is 46.5 Å². The lowest BCUT2D eigenvalue weighted by atomic mass is 9.76.